The Morgan fingerprint density at radius 2 is 2.18 bits per heavy atom. The van der Waals surface area contributed by atoms with Gasteiger partial charge in [0.2, 0.25) is 0 Å². The summed E-state index contributed by atoms with van der Waals surface area (Å²) in [7, 11) is 1.91. The molecule has 1 aromatic heterocycles. The van der Waals surface area contributed by atoms with E-state index in [-0.39, 0.29) is 0 Å². The summed E-state index contributed by atoms with van der Waals surface area (Å²) in [5, 5.41) is 4.86. The van der Waals surface area contributed by atoms with Crippen molar-refractivity contribution in [2.24, 2.45) is 0 Å². The highest BCUT2D eigenvalue weighted by atomic mass is 35.5. The van der Waals surface area contributed by atoms with Crippen molar-refractivity contribution < 1.29 is 0 Å². The molecule has 0 spiro atoms. The minimum Gasteiger partial charge on any atom is -0.316 e. The molecule has 0 unspecified atom stereocenters. The predicted molar refractivity (Wildman–Crippen MR) is 72.6 cm³/mol. The molecular formula is C13H13ClN2S. The van der Waals surface area contributed by atoms with Crippen LogP contribution in [0.4, 0.5) is 0 Å². The molecule has 0 atom stereocenters. The average molecular weight is 265 g/mol. The monoisotopic (exact) mass is 264 g/mol. The van der Waals surface area contributed by atoms with E-state index in [1.165, 1.54) is 0 Å². The average Bonchev–Trinajstić information content (AvgIpc) is 2.34. The quantitative estimate of drug-likeness (QED) is 0.913. The summed E-state index contributed by atoms with van der Waals surface area (Å²) >= 11 is 7.81. The van der Waals surface area contributed by atoms with Crippen molar-refractivity contribution in [3.63, 3.8) is 0 Å². The first-order valence-electron chi connectivity index (χ1n) is 5.31. The SMILES string of the molecule is CNCc1ccc(Sc2ccccn2)cc1Cl. The summed E-state index contributed by atoms with van der Waals surface area (Å²) in [6, 6.07) is 12.0. The number of aromatic nitrogens is 1. The van der Waals surface area contributed by atoms with Crippen molar-refractivity contribution in [2.75, 3.05) is 7.05 Å². The third kappa shape index (κ3) is 3.46. The second-order valence-electron chi connectivity index (χ2n) is 3.55. The van der Waals surface area contributed by atoms with E-state index in [2.05, 4.69) is 16.4 Å². The Labute approximate surface area is 110 Å². The second-order valence-corrected chi connectivity index (χ2v) is 5.05. The maximum atomic E-state index is 6.20. The van der Waals surface area contributed by atoms with Crippen molar-refractivity contribution >= 4 is 23.4 Å². The fourth-order valence-corrected chi connectivity index (χ4v) is 2.58. The number of benzene rings is 1. The summed E-state index contributed by atoms with van der Waals surface area (Å²) in [5.74, 6) is 0. The minimum absolute atomic E-state index is 0.785. The van der Waals surface area contributed by atoms with E-state index in [9.17, 15) is 0 Å². The van der Waals surface area contributed by atoms with Crippen LogP contribution in [0.5, 0.6) is 0 Å². The number of pyridine rings is 1. The molecule has 1 heterocycles. The molecule has 2 nitrogen and oxygen atoms in total. The van der Waals surface area contributed by atoms with Crippen LogP contribution in [-0.2, 0) is 6.54 Å². The minimum atomic E-state index is 0.785. The van der Waals surface area contributed by atoms with Crippen LogP contribution in [0.2, 0.25) is 5.02 Å². The summed E-state index contributed by atoms with van der Waals surface area (Å²) in [5.41, 5.74) is 1.11. The van der Waals surface area contributed by atoms with E-state index in [0.29, 0.717) is 0 Å². The van der Waals surface area contributed by atoms with Crippen molar-refractivity contribution in [2.45, 2.75) is 16.5 Å². The maximum Gasteiger partial charge on any atom is 0.101 e. The fraction of sp³-hybridized carbons (Fsp3) is 0.154. The van der Waals surface area contributed by atoms with E-state index < -0.39 is 0 Å². The maximum absolute atomic E-state index is 6.20. The van der Waals surface area contributed by atoms with Gasteiger partial charge in [-0.2, -0.15) is 0 Å². The van der Waals surface area contributed by atoms with Crippen molar-refractivity contribution in [1.82, 2.24) is 10.3 Å². The number of hydrogen-bond donors (Lipinski definition) is 1. The zero-order valence-electron chi connectivity index (χ0n) is 9.48. The molecule has 2 rings (SSSR count). The molecule has 0 bridgehead atoms. The highest BCUT2D eigenvalue weighted by molar-refractivity contribution is 7.99. The summed E-state index contributed by atoms with van der Waals surface area (Å²) < 4.78 is 0. The zero-order valence-corrected chi connectivity index (χ0v) is 11.1. The molecule has 0 amide bonds. The summed E-state index contributed by atoms with van der Waals surface area (Å²) in [6.07, 6.45) is 1.79. The van der Waals surface area contributed by atoms with Gasteiger partial charge in [-0.25, -0.2) is 4.98 Å². The van der Waals surface area contributed by atoms with Gasteiger partial charge in [-0.15, -0.1) is 0 Å². The normalized spacial score (nSPS) is 10.5. The lowest BCUT2D eigenvalue weighted by Gasteiger charge is -2.06. The smallest absolute Gasteiger partial charge is 0.101 e. The Morgan fingerprint density at radius 3 is 2.82 bits per heavy atom. The Hall–Kier alpha value is -1.03. The van der Waals surface area contributed by atoms with Gasteiger partial charge in [0.1, 0.15) is 5.03 Å². The lowest BCUT2D eigenvalue weighted by Crippen LogP contribution is -2.05. The molecule has 0 aliphatic rings. The molecule has 17 heavy (non-hydrogen) atoms. The van der Waals surface area contributed by atoms with Crippen LogP contribution in [0.25, 0.3) is 0 Å². The van der Waals surface area contributed by atoms with Crippen molar-refractivity contribution in [3.05, 3.63) is 53.2 Å². The first-order chi connectivity index (χ1) is 8.29. The molecule has 0 radical (unpaired) electrons. The molecule has 0 aliphatic carbocycles. The lowest BCUT2D eigenvalue weighted by atomic mass is 10.2. The Morgan fingerprint density at radius 1 is 1.29 bits per heavy atom. The number of hydrogen-bond acceptors (Lipinski definition) is 3. The first-order valence-corrected chi connectivity index (χ1v) is 6.51. The lowest BCUT2D eigenvalue weighted by molar-refractivity contribution is 0.817. The van der Waals surface area contributed by atoms with E-state index in [1.807, 2.05) is 37.4 Å². The van der Waals surface area contributed by atoms with Gasteiger partial charge in [-0.05, 0) is 36.9 Å². The van der Waals surface area contributed by atoms with Crippen molar-refractivity contribution in [1.29, 1.82) is 0 Å². The topological polar surface area (TPSA) is 24.9 Å². The van der Waals surface area contributed by atoms with E-state index in [1.54, 1.807) is 18.0 Å². The zero-order chi connectivity index (χ0) is 12.1. The van der Waals surface area contributed by atoms with Gasteiger partial charge in [0.05, 0.1) is 0 Å². The molecule has 88 valence electrons. The van der Waals surface area contributed by atoms with Gasteiger partial charge < -0.3 is 5.32 Å². The van der Waals surface area contributed by atoms with E-state index in [0.717, 1.165) is 27.1 Å². The summed E-state index contributed by atoms with van der Waals surface area (Å²) in [6.45, 7) is 0.785. The highest BCUT2D eigenvalue weighted by Gasteiger charge is 2.03. The molecule has 0 aliphatic heterocycles. The van der Waals surface area contributed by atoms with Crippen LogP contribution in [0.1, 0.15) is 5.56 Å². The number of halogens is 1. The third-order valence-electron chi connectivity index (χ3n) is 2.25. The predicted octanol–water partition coefficient (Wildman–Crippen LogP) is 3.61. The first kappa shape index (κ1) is 12.4. The van der Waals surface area contributed by atoms with Crippen LogP contribution < -0.4 is 5.32 Å². The van der Waals surface area contributed by atoms with E-state index in [4.69, 9.17) is 11.6 Å². The third-order valence-corrected chi connectivity index (χ3v) is 3.54. The van der Waals surface area contributed by atoms with Gasteiger partial charge in [0.15, 0.2) is 0 Å². The van der Waals surface area contributed by atoms with Crippen LogP contribution in [0.3, 0.4) is 0 Å². The number of nitrogens with one attached hydrogen (secondary N) is 1. The van der Waals surface area contributed by atoms with Crippen LogP contribution in [0, 0.1) is 0 Å². The van der Waals surface area contributed by atoms with Crippen LogP contribution in [0.15, 0.2) is 52.5 Å². The number of nitrogens with zero attached hydrogens (tertiary/aromatic N) is 1. The van der Waals surface area contributed by atoms with Crippen LogP contribution >= 0.6 is 23.4 Å². The molecular weight excluding hydrogens is 252 g/mol. The molecule has 0 saturated heterocycles. The second kappa shape index (κ2) is 6.05. The molecule has 1 aromatic carbocycles. The van der Waals surface area contributed by atoms with Gasteiger partial charge in [-0.1, -0.05) is 35.5 Å². The molecule has 2 aromatic rings. The number of rotatable bonds is 4. The fourth-order valence-electron chi connectivity index (χ4n) is 1.45. The van der Waals surface area contributed by atoms with Gasteiger partial charge in [0, 0.05) is 22.7 Å². The molecule has 0 fully saturated rings. The standard InChI is InChI=1S/C13H13ClN2S/c1-15-9-10-5-6-11(8-12(10)14)17-13-4-2-3-7-16-13/h2-8,15H,9H2,1H3. The van der Waals surface area contributed by atoms with Gasteiger partial charge in [-0.3, -0.25) is 0 Å². The largest absolute Gasteiger partial charge is 0.316 e. The van der Waals surface area contributed by atoms with Crippen molar-refractivity contribution in [3.8, 4) is 0 Å². The highest BCUT2D eigenvalue weighted by Crippen LogP contribution is 2.29. The molecule has 1 N–H and O–H groups in total. The van der Waals surface area contributed by atoms with Crippen LogP contribution in [-0.4, -0.2) is 12.0 Å². The van der Waals surface area contributed by atoms with E-state index >= 15 is 0 Å². The Kier molecular flexibility index (Phi) is 4.42. The molecule has 0 saturated carbocycles. The Bertz CT molecular complexity index is 488. The summed E-state index contributed by atoms with van der Waals surface area (Å²) in [4.78, 5) is 5.38. The van der Waals surface area contributed by atoms with Gasteiger partial charge >= 0.3 is 0 Å². The Balaban J connectivity index is 2.15. The van der Waals surface area contributed by atoms with Gasteiger partial charge in [0.25, 0.3) is 0 Å². The molecule has 4 heteroatoms.